The highest BCUT2D eigenvalue weighted by atomic mass is 32.1. The molecule has 3 amide bonds. The van der Waals surface area contributed by atoms with Crippen LogP contribution in [0, 0.1) is 5.41 Å². The molecule has 0 radical (unpaired) electrons. The Bertz CT molecular complexity index is 1330. The number of carbonyl (C=O) groups is 3. The van der Waals surface area contributed by atoms with Crippen LogP contribution in [0.2, 0.25) is 0 Å². The summed E-state index contributed by atoms with van der Waals surface area (Å²) >= 11 is 1.40. The van der Waals surface area contributed by atoms with E-state index in [9.17, 15) is 14.4 Å². The predicted octanol–water partition coefficient (Wildman–Crippen LogP) is 3.05. The van der Waals surface area contributed by atoms with Crippen molar-refractivity contribution in [3.63, 3.8) is 0 Å². The van der Waals surface area contributed by atoms with Gasteiger partial charge in [-0.3, -0.25) is 19.8 Å². The molecule has 11 heteroatoms. The number of nitrogens with one attached hydrogen (secondary N) is 3. The van der Waals surface area contributed by atoms with Gasteiger partial charge in [0.15, 0.2) is 0 Å². The summed E-state index contributed by atoms with van der Waals surface area (Å²) in [7, 11) is 1.54. The van der Waals surface area contributed by atoms with Gasteiger partial charge in [0.25, 0.3) is 5.91 Å². The standard InChI is InChI=1S/C28H31N5O5S/c1-17(24-12-19(16-39-24)26(29)30)32-28(36)23-13-22(37-2)15-33(23)25(34)14-31-27(35)18-8-10-21(11-9-18)38-20-6-4-3-5-7-20/h3-12,16-17,22-23H,13-15H2,1-2H3,(H3,29,30)(H,31,35)(H,32,36)/t17-,22-,23+/m1/s1. The Kier molecular flexibility index (Phi) is 8.95. The van der Waals surface area contributed by atoms with Gasteiger partial charge in [-0.15, -0.1) is 11.3 Å². The van der Waals surface area contributed by atoms with Gasteiger partial charge in [0, 0.05) is 41.5 Å². The number of amidine groups is 1. The molecular formula is C28H31N5O5S. The number of benzene rings is 2. The van der Waals surface area contributed by atoms with Crippen LogP contribution < -0.4 is 21.1 Å². The van der Waals surface area contributed by atoms with Crippen LogP contribution in [0.15, 0.2) is 66.0 Å². The summed E-state index contributed by atoms with van der Waals surface area (Å²) in [5.41, 5.74) is 6.52. The smallest absolute Gasteiger partial charge is 0.251 e. The van der Waals surface area contributed by atoms with Gasteiger partial charge in [0.05, 0.1) is 18.7 Å². The maximum absolute atomic E-state index is 13.1. The van der Waals surface area contributed by atoms with Crippen LogP contribution in [0.3, 0.4) is 0 Å². The summed E-state index contributed by atoms with van der Waals surface area (Å²) in [6.07, 6.45) is 0.0553. The fraction of sp³-hybridized carbons (Fsp3) is 0.286. The summed E-state index contributed by atoms with van der Waals surface area (Å²) in [6.45, 7) is 1.82. The SMILES string of the molecule is CO[C@@H]1C[C@@H](C(=O)N[C@H](C)c2cc(C(=N)N)cs2)N(C(=O)CNC(=O)c2ccc(Oc3ccccc3)cc2)C1. The number of nitrogen functional groups attached to an aromatic ring is 1. The van der Waals surface area contributed by atoms with Gasteiger partial charge < -0.3 is 30.7 Å². The van der Waals surface area contributed by atoms with E-state index in [0.29, 0.717) is 29.0 Å². The maximum Gasteiger partial charge on any atom is 0.251 e. The molecule has 204 valence electrons. The highest BCUT2D eigenvalue weighted by molar-refractivity contribution is 7.10. The number of rotatable bonds is 10. The second kappa shape index (κ2) is 12.5. The zero-order valence-electron chi connectivity index (χ0n) is 21.7. The van der Waals surface area contributed by atoms with Crippen LogP contribution in [0.25, 0.3) is 0 Å². The van der Waals surface area contributed by atoms with Crippen molar-refractivity contribution in [2.24, 2.45) is 5.73 Å². The summed E-state index contributed by atoms with van der Waals surface area (Å²) in [6, 6.07) is 16.6. The molecule has 0 unspecified atom stereocenters. The van der Waals surface area contributed by atoms with E-state index < -0.39 is 11.9 Å². The molecule has 10 nitrogen and oxygen atoms in total. The Balaban J connectivity index is 1.33. The molecule has 5 N–H and O–H groups in total. The first-order valence-electron chi connectivity index (χ1n) is 12.4. The summed E-state index contributed by atoms with van der Waals surface area (Å²) in [5, 5.41) is 14.9. The molecule has 0 saturated carbocycles. The topological polar surface area (TPSA) is 147 Å². The average molecular weight is 550 g/mol. The molecule has 0 aliphatic carbocycles. The van der Waals surface area contributed by atoms with Crippen molar-refractivity contribution in [2.75, 3.05) is 20.2 Å². The number of amides is 3. The molecule has 4 rings (SSSR count). The van der Waals surface area contributed by atoms with Crippen molar-refractivity contribution in [1.29, 1.82) is 5.41 Å². The molecule has 2 heterocycles. The number of nitrogens with two attached hydrogens (primary N) is 1. The highest BCUT2D eigenvalue weighted by Crippen LogP contribution is 2.25. The van der Waals surface area contributed by atoms with E-state index in [-0.39, 0.29) is 42.9 Å². The zero-order chi connectivity index (χ0) is 27.9. The minimum absolute atomic E-state index is 0.0370. The molecule has 2 aromatic carbocycles. The number of likely N-dealkylation sites (tertiary alicyclic amines) is 1. The van der Waals surface area contributed by atoms with Gasteiger partial charge >= 0.3 is 0 Å². The lowest BCUT2D eigenvalue weighted by Crippen LogP contribution is -2.49. The largest absolute Gasteiger partial charge is 0.457 e. The van der Waals surface area contributed by atoms with Crippen LogP contribution in [-0.2, 0) is 14.3 Å². The Morgan fingerprint density at radius 2 is 1.79 bits per heavy atom. The molecule has 1 aliphatic heterocycles. The quantitative estimate of drug-likeness (QED) is 0.226. The lowest BCUT2D eigenvalue weighted by atomic mass is 10.1. The van der Waals surface area contributed by atoms with Gasteiger partial charge in [0.1, 0.15) is 23.4 Å². The molecule has 1 saturated heterocycles. The second-order valence-corrected chi connectivity index (χ2v) is 10.1. The first kappa shape index (κ1) is 27.8. The second-order valence-electron chi connectivity index (χ2n) is 9.16. The number of hydrogen-bond acceptors (Lipinski definition) is 7. The Hall–Kier alpha value is -4.22. The third kappa shape index (κ3) is 7.01. The summed E-state index contributed by atoms with van der Waals surface area (Å²) in [5.74, 6) is 0.128. The van der Waals surface area contributed by atoms with Crippen molar-refractivity contribution in [2.45, 2.75) is 31.5 Å². The zero-order valence-corrected chi connectivity index (χ0v) is 22.5. The first-order valence-corrected chi connectivity index (χ1v) is 13.3. The van der Waals surface area contributed by atoms with E-state index in [0.717, 1.165) is 4.88 Å². The molecule has 1 fully saturated rings. The molecule has 3 atom stereocenters. The van der Waals surface area contributed by atoms with Crippen LogP contribution >= 0.6 is 11.3 Å². The van der Waals surface area contributed by atoms with Crippen molar-refractivity contribution in [3.8, 4) is 11.5 Å². The average Bonchev–Trinajstić information content (AvgIpc) is 3.61. The van der Waals surface area contributed by atoms with Crippen molar-refractivity contribution >= 4 is 34.9 Å². The Morgan fingerprint density at radius 1 is 1.10 bits per heavy atom. The first-order chi connectivity index (χ1) is 18.7. The number of hydrogen-bond donors (Lipinski definition) is 4. The van der Waals surface area contributed by atoms with Crippen molar-refractivity contribution in [3.05, 3.63) is 82.0 Å². The number of methoxy groups -OCH3 is 1. The predicted molar refractivity (Wildman–Crippen MR) is 148 cm³/mol. The molecule has 1 aromatic heterocycles. The van der Waals surface area contributed by atoms with Gasteiger partial charge in [-0.2, -0.15) is 0 Å². The number of carbonyl (C=O) groups excluding carboxylic acids is 3. The third-order valence-electron chi connectivity index (χ3n) is 6.43. The van der Waals surface area contributed by atoms with Crippen LogP contribution in [-0.4, -0.2) is 60.8 Å². The summed E-state index contributed by atoms with van der Waals surface area (Å²) in [4.78, 5) is 41.2. The number of ether oxygens (including phenoxy) is 2. The molecular weight excluding hydrogens is 518 g/mol. The number of thiophene rings is 1. The lowest BCUT2D eigenvalue weighted by Gasteiger charge is -2.25. The minimum Gasteiger partial charge on any atom is -0.457 e. The Labute approximate surface area is 230 Å². The number of nitrogens with zero attached hydrogens (tertiary/aromatic N) is 1. The third-order valence-corrected chi connectivity index (χ3v) is 7.55. The van der Waals surface area contributed by atoms with Gasteiger partial charge in [-0.1, -0.05) is 18.2 Å². The fourth-order valence-electron chi connectivity index (χ4n) is 4.25. The van der Waals surface area contributed by atoms with Gasteiger partial charge in [-0.25, -0.2) is 0 Å². The molecule has 3 aromatic rings. The molecule has 0 spiro atoms. The van der Waals surface area contributed by atoms with Crippen LogP contribution in [0.1, 0.15) is 40.2 Å². The highest BCUT2D eigenvalue weighted by Gasteiger charge is 2.40. The van der Waals surface area contributed by atoms with E-state index in [1.54, 1.807) is 35.7 Å². The van der Waals surface area contributed by atoms with E-state index in [4.69, 9.17) is 20.6 Å². The van der Waals surface area contributed by atoms with E-state index in [1.807, 2.05) is 37.3 Å². The van der Waals surface area contributed by atoms with Gasteiger partial charge in [-0.05, 0) is 49.4 Å². The minimum atomic E-state index is -0.733. The molecule has 1 aliphatic rings. The maximum atomic E-state index is 13.1. The fourth-order valence-corrected chi connectivity index (χ4v) is 5.17. The van der Waals surface area contributed by atoms with Crippen LogP contribution in [0.4, 0.5) is 0 Å². The molecule has 39 heavy (non-hydrogen) atoms. The van der Waals surface area contributed by atoms with Crippen molar-refractivity contribution < 1.29 is 23.9 Å². The number of para-hydroxylation sites is 1. The van der Waals surface area contributed by atoms with E-state index in [2.05, 4.69) is 10.6 Å². The van der Waals surface area contributed by atoms with E-state index in [1.165, 1.54) is 23.3 Å². The molecule has 0 bridgehead atoms. The monoisotopic (exact) mass is 549 g/mol. The van der Waals surface area contributed by atoms with Crippen LogP contribution in [0.5, 0.6) is 11.5 Å². The van der Waals surface area contributed by atoms with E-state index >= 15 is 0 Å². The normalized spacial score (nSPS) is 17.3. The Morgan fingerprint density at radius 3 is 2.44 bits per heavy atom. The lowest BCUT2D eigenvalue weighted by molar-refractivity contribution is -0.138. The summed E-state index contributed by atoms with van der Waals surface area (Å²) < 4.78 is 11.2. The van der Waals surface area contributed by atoms with Gasteiger partial charge in [0.2, 0.25) is 11.8 Å². The van der Waals surface area contributed by atoms with Crippen molar-refractivity contribution in [1.82, 2.24) is 15.5 Å².